The van der Waals surface area contributed by atoms with Gasteiger partial charge in [0.15, 0.2) is 0 Å². The van der Waals surface area contributed by atoms with Crippen molar-refractivity contribution in [3.63, 3.8) is 0 Å². The van der Waals surface area contributed by atoms with E-state index in [9.17, 15) is 19.2 Å². The number of nitrogens with zero attached hydrogens (tertiary/aromatic N) is 1. The second-order valence-corrected chi connectivity index (χ2v) is 7.19. The molecule has 8 nitrogen and oxygen atoms in total. The third kappa shape index (κ3) is 3.22. The van der Waals surface area contributed by atoms with Crippen LogP contribution in [0.15, 0.2) is 53.3 Å². The number of nitrogen functional groups attached to an aromatic ring is 1. The van der Waals surface area contributed by atoms with E-state index < -0.39 is 23.3 Å². The lowest BCUT2D eigenvalue weighted by molar-refractivity contribution is 0.0879. The van der Waals surface area contributed by atoms with Crippen LogP contribution in [0.25, 0.3) is 5.69 Å². The normalized spacial score (nSPS) is 12.5. The summed E-state index contributed by atoms with van der Waals surface area (Å²) in [5, 5.41) is 4.92. The van der Waals surface area contributed by atoms with Crippen molar-refractivity contribution in [2.45, 2.75) is 0 Å². The van der Waals surface area contributed by atoms with Gasteiger partial charge in [-0.15, -0.1) is 0 Å². The zero-order valence-corrected chi connectivity index (χ0v) is 16.5. The first-order valence-corrected chi connectivity index (χ1v) is 9.30. The van der Waals surface area contributed by atoms with Gasteiger partial charge in [-0.25, -0.2) is 0 Å². The van der Waals surface area contributed by atoms with Gasteiger partial charge in [-0.1, -0.05) is 41.4 Å². The highest BCUT2D eigenvalue weighted by Gasteiger charge is 2.32. The van der Waals surface area contributed by atoms with E-state index in [1.807, 2.05) is 0 Å². The average molecular weight is 443 g/mol. The Kier molecular flexibility index (Phi) is 4.81. The average Bonchev–Trinajstić information content (AvgIpc) is 2.99. The van der Waals surface area contributed by atoms with Crippen LogP contribution in [0.3, 0.4) is 0 Å². The van der Waals surface area contributed by atoms with Crippen LogP contribution in [0.5, 0.6) is 0 Å². The maximum absolute atomic E-state index is 12.7. The summed E-state index contributed by atoms with van der Waals surface area (Å²) in [6.07, 6.45) is 0. The minimum absolute atomic E-state index is 0.0520. The fourth-order valence-electron chi connectivity index (χ4n) is 3.12. The van der Waals surface area contributed by atoms with Crippen LogP contribution >= 0.6 is 23.2 Å². The standard InChI is InChI=1S/C20H12Cl2N4O4/c21-11-7-12(22)14(8-13(11)24-18(28)9-4-2-1-3-5-9)26-15(27)6-10-16(17(26)23)20(30)25-19(10)29/h1-8H,23H2,(H,24,28)(H,25,29,30). The summed E-state index contributed by atoms with van der Waals surface area (Å²) >= 11 is 12.5. The third-order valence-electron chi connectivity index (χ3n) is 4.51. The lowest BCUT2D eigenvalue weighted by Gasteiger charge is -2.16. The molecular formula is C20H12Cl2N4O4. The largest absolute Gasteiger partial charge is 0.384 e. The van der Waals surface area contributed by atoms with Crippen LogP contribution in [-0.2, 0) is 0 Å². The maximum atomic E-state index is 12.7. The highest BCUT2D eigenvalue weighted by atomic mass is 35.5. The van der Waals surface area contributed by atoms with Crippen LogP contribution in [0.2, 0.25) is 10.0 Å². The summed E-state index contributed by atoms with van der Waals surface area (Å²) in [5.41, 5.74) is 5.79. The van der Waals surface area contributed by atoms with Crippen molar-refractivity contribution in [2.75, 3.05) is 11.1 Å². The highest BCUT2D eigenvalue weighted by Crippen LogP contribution is 2.33. The van der Waals surface area contributed by atoms with E-state index in [2.05, 4.69) is 10.6 Å². The molecule has 0 bridgehead atoms. The molecule has 4 N–H and O–H groups in total. The number of imide groups is 1. The first-order chi connectivity index (χ1) is 14.3. The van der Waals surface area contributed by atoms with Gasteiger partial charge in [0.2, 0.25) is 0 Å². The number of carbonyl (C=O) groups is 3. The number of carbonyl (C=O) groups excluding carboxylic acids is 3. The number of rotatable bonds is 3. The molecule has 2 aromatic carbocycles. The number of amides is 3. The monoisotopic (exact) mass is 442 g/mol. The SMILES string of the molecule is Nc1c2c(cc(=O)n1-c1cc(NC(=O)c3ccccc3)c(Cl)cc1Cl)C(=O)NC2=O. The zero-order valence-electron chi connectivity index (χ0n) is 15.0. The lowest BCUT2D eigenvalue weighted by atomic mass is 10.1. The van der Waals surface area contributed by atoms with E-state index in [0.29, 0.717) is 5.56 Å². The number of aromatic nitrogens is 1. The molecule has 4 rings (SSSR count). The molecule has 0 atom stereocenters. The highest BCUT2D eigenvalue weighted by molar-refractivity contribution is 6.38. The predicted molar refractivity (Wildman–Crippen MR) is 113 cm³/mol. The van der Waals surface area contributed by atoms with Crippen LogP contribution < -0.4 is 21.9 Å². The Morgan fingerprint density at radius 3 is 2.37 bits per heavy atom. The molecule has 0 saturated carbocycles. The van der Waals surface area contributed by atoms with Gasteiger partial charge in [-0.3, -0.25) is 29.1 Å². The van der Waals surface area contributed by atoms with Crippen LogP contribution in [-0.4, -0.2) is 22.3 Å². The molecule has 1 aliphatic rings. The number of hydrogen-bond donors (Lipinski definition) is 3. The molecule has 0 aliphatic carbocycles. The van der Waals surface area contributed by atoms with Crippen LogP contribution in [0.1, 0.15) is 31.1 Å². The zero-order chi connectivity index (χ0) is 21.6. The summed E-state index contributed by atoms with van der Waals surface area (Å²) < 4.78 is 0.980. The minimum atomic E-state index is -0.719. The second-order valence-electron chi connectivity index (χ2n) is 6.38. The Hall–Kier alpha value is -3.62. The number of pyridine rings is 1. The number of anilines is 2. The summed E-state index contributed by atoms with van der Waals surface area (Å²) in [7, 11) is 0. The topological polar surface area (TPSA) is 123 Å². The van der Waals surface area contributed by atoms with Crippen molar-refractivity contribution >= 4 is 52.4 Å². The maximum Gasteiger partial charge on any atom is 0.262 e. The molecule has 1 aliphatic heterocycles. The lowest BCUT2D eigenvalue weighted by Crippen LogP contribution is -2.24. The number of benzene rings is 2. The molecule has 3 aromatic rings. The Labute approximate surface area is 179 Å². The molecule has 30 heavy (non-hydrogen) atoms. The molecule has 3 amide bonds. The quantitative estimate of drug-likeness (QED) is 0.538. The van der Waals surface area contributed by atoms with E-state index in [-0.39, 0.29) is 38.4 Å². The molecule has 0 radical (unpaired) electrons. The van der Waals surface area contributed by atoms with E-state index in [0.717, 1.165) is 10.6 Å². The Balaban J connectivity index is 1.84. The van der Waals surface area contributed by atoms with Crippen molar-refractivity contribution in [3.8, 4) is 5.69 Å². The van der Waals surface area contributed by atoms with Gasteiger partial charge in [-0.2, -0.15) is 0 Å². The first-order valence-electron chi connectivity index (χ1n) is 8.55. The number of fused-ring (bicyclic) bond motifs is 1. The van der Waals surface area contributed by atoms with Gasteiger partial charge >= 0.3 is 0 Å². The van der Waals surface area contributed by atoms with E-state index in [1.165, 1.54) is 12.1 Å². The summed E-state index contributed by atoms with van der Waals surface area (Å²) in [6.45, 7) is 0. The molecule has 2 heterocycles. The van der Waals surface area contributed by atoms with Gasteiger partial charge in [0.25, 0.3) is 23.3 Å². The molecule has 150 valence electrons. The van der Waals surface area contributed by atoms with E-state index >= 15 is 0 Å². The van der Waals surface area contributed by atoms with Crippen LogP contribution in [0, 0.1) is 0 Å². The van der Waals surface area contributed by atoms with Crippen molar-refractivity contribution in [1.29, 1.82) is 0 Å². The second kappa shape index (κ2) is 7.33. The molecule has 0 fully saturated rings. The molecule has 0 spiro atoms. The van der Waals surface area contributed by atoms with E-state index in [1.54, 1.807) is 30.3 Å². The fraction of sp³-hybridized carbons (Fsp3) is 0. The molecule has 1 aromatic heterocycles. The Bertz CT molecular complexity index is 1300. The first kappa shape index (κ1) is 19.7. The molecule has 10 heteroatoms. The smallest absolute Gasteiger partial charge is 0.262 e. The molecular weight excluding hydrogens is 431 g/mol. The van der Waals surface area contributed by atoms with E-state index in [4.69, 9.17) is 28.9 Å². The number of hydrogen-bond acceptors (Lipinski definition) is 5. The predicted octanol–water partition coefficient (Wildman–Crippen LogP) is 2.86. The summed E-state index contributed by atoms with van der Waals surface area (Å²) in [5.74, 6) is -2.11. The third-order valence-corrected chi connectivity index (χ3v) is 5.13. The molecule has 0 saturated heterocycles. The fourth-order valence-corrected chi connectivity index (χ4v) is 3.63. The molecule has 0 unspecified atom stereocenters. The summed E-state index contributed by atoms with van der Waals surface area (Å²) in [6, 6.07) is 12.1. The van der Waals surface area contributed by atoms with Gasteiger partial charge in [0.05, 0.1) is 32.5 Å². The van der Waals surface area contributed by atoms with Crippen molar-refractivity contribution < 1.29 is 14.4 Å². The Morgan fingerprint density at radius 1 is 0.967 bits per heavy atom. The number of halogens is 2. The van der Waals surface area contributed by atoms with Crippen LogP contribution in [0.4, 0.5) is 11.5 Å². The van der Waals surface area contributed by atoms with Crippen molar-refractivity contribution in [3.05, 3.63) is 85.6 Å². The van der Waals surface area contributed by atoms with Gasteiger partial charge < -0.3 is 11.1 Å². The van der Waals surface area contributed by atoms with Gasteiger partial charge in [0.1, 0.15) is 5.82 Å². The Morgan fingerprint density at radius 2 is 1.67 bits per heavy atom. The van der Waals surface area contributed by atoms with Crippen molar-refractivity contribution in [1.82, 2.24) is 9.88 Å². The van der Waals surface area contributed by atoms with Crippen molar-refractivity contribution in [2.24, 2.45) is 0 Å². The van der Waals surface area contributed by atoms with Gasteiger partial charge in [0, 0.05) is 11.6 Å². The number of nitrogens with two attached hydrogens (primary N) is 1. The van der Waals surface area contributed by atoms with Gasteiger partial charge in [-0.05, 0) is 24.3 Å². The summed E-state index contributed by atoms with van der Waals surface area (Å²) in [4.78, 5) is 49.0. The minimum Gasteiger partial charge on any atom is -0.384 e. The number of nitrogens with one attached hydrogen (secondary N) is 2.